The number of nitrogens with two attached hydrogens (primary N) is 1. The fraction of sp³-hybridized carbons (Fsp3) is 0.250. The van der Waals surface area contributed by atoms with E-state index in [1.54, 1.807) is 0 Å². The lowest BCUT2D eigenvalue weighted by Crippen LogP contribution is -2.20. The van der Waals surface area contributed by atoms with Crippen LogP contribution < -0.4 is 10.6 Å². The van der Waals surface area contributed by atoms with Crippen LogP contribution >= 0.6 is 0 Å². The maximum Gasteiger partial charge on any atom is 0.0444 e. The Morgan fingerprint density at radius 3 is 2.39 bits per heavy atom. The van der Waals surface area contributed by atoms with Crippen LogP contribution in [0.2, 0.25) is 0 Å². The van der Waals surface area contributed by atoms with Gasteiger partial charge in [-0.05, 0) is 55.7 Å². The Hall–Kier alpha value is -1.96. The van der Waals surface area contributed by atoms with Crippen LogP contribution in [-0.2, 0) is 0 Å². The van der Waals surface area contributed by atoms with Crippen molar-refractivity contribution in [1.82, 2.24) is 0 Å². The zero-order chi connectivity index (χ0) is 12.5. The molecule has 0 saturated heterocycles. The van der Waals surface area contributed by atoms with Gasteiger partial charge in [0.1, 0.15) is 0 Å². The molecule has 0 spiro atoms. The first-order valence-electron chi connectivity index (χ1n) is 6.46. The highest BCUT2D eigenvalue weighted by Crippen LogP contribution is 2.39. The quantitative estimate of drug-likeness (QED) is 0.822. The normalized spacial score (nSPS) is 14.5. The fourth-order valence-electron chi connectivity index (χ4n) is 2.42. The lowest BCUT2D eigenvalue weighted by Gasteiger charge is -2.26. The predicted molar refractivity (Wildman–Crippen MR) is 77.2 cm³/mol. The summed E-state index contributed by atoms with van der Waals surface area (Å²) in [6.07, 6.45) is 2.55. The summed E-state index contributed by atoms with van der Waals surface area (Å²) in [6.45, 7) is 2.13. The lowest BCUT2D eigenvalue weighted by molar-refractivity contribution is 0.964. The number of nitrogens with zero attached hydrogens (tertiary/aromatic N) is 1. The molecule has 3 rings (SSSR count). The highest BCUT2D eigenvalue weighted by molar-refractivity contribution is 5.70. The van der Waals surface area contributed by atoms with Crippen molar-refractivity contribution in [3.8, 4) is 0 Å². The molecule has 2 aromatic carbocycles. The predicted octanol–water partition coefficient (Wildman–Crippen LogP) is 3.88. The number of hydrogen-bond acceptors (Lipinski definition) is 2. The average molecular weight is 238 g/mol. The number of benzene rings is 2. The Morgan fingerprint density at radius 2 is 1.78 bits per heavy atom. The van der Waals surface area contributed by atoms with Gasteiger partial charge in [0, 0.05) is 23.1 Å². The maximum atomic E-state index is 5.84. The summed E-state index contributed by atoms with van der Waals surface area (Å²) in [6, 6.07) is 17.4. The maximum absolute atomic E-state index is 5.84. The molecule has 1 aliphatic rings. The molecule has 2 nitrogen and oxygen atoms in total. The molecule has 2 heteroatoms. The van der Waals surface area contributed by atoms with Crippen molar-refractivity contribution in [1.29, 1.82) is 0 Å². The summed E-state index contributed by atoms with van der Waals surface area (Å²) < 4.78 is 0. The molecule has 0 radical (unpaired) electrons. The first-order chi connectivity index (χ1) is 8.75. The number of rotatable bonds is 3. The molecule has 2 N–H and O–H groups in total. The molecular formula is C16H18N2. The minimum absolute atomic E-state index is 0.648. The smallest absolute Gasteiger partial charge is 0.0444 e. The molecule has 0 aromatic heterocycles. The Morgan fingerprint density at radius 1 is 1.06 bits per heavy atom. The molecule has 0 atom stereocenters. The molecule has 1 aliphatic carbocycles. The van der Waals surface area contributed by atoms with E-state index in [1.807, 2.05) is 12.1 Å². The molecule has 92 valence electrons. The van der Waals surface area contributed by atoms with Crippen LogP contribution in [0.25, 0.3) is 0 Å². The zero-order valence-electron chi connectivity index (χ0n) is 10.6. The highest BCUT2D eigenvalue weighted by Gasteiger charge is 2.31. The van der Waals surface area contributed by atoms with Gasteiger partial charge in [0.15, 0.2) is 0 Å². The van der Waals surface area contributed by atoms with Crippen molar-refractivity contribution in [3.63, 3.8) is 0 Å². The first-order valence-corrected chi connectivity index (χ1v) is 6.46. The third-order valence-corrected chi connectivity index (χ3v) is 3.43. The van der Waals surface area contributed by atoms with E-state index < -0.39 is 0 Å². The summed E-state index contributed by atoms with van der Waals surface area (Å²) in [5.74, 6) is 0. The van der Waals surface area contributed by atoms with Gasteiger partial charge in [0.25, 0.3) is 0 Å². The summed E-state index contributed by atoms with van der Waals surface area (Å²) in [5, 5.41) is 0. The Balaban J connectivity index is 2.04. The molecule has 18 heavy (non-hydrogen) atoms. The van der Waals surface area contributed by atoms with Crippen LogP contribution in [0.1, 0.15) is 18.4 Å². The minimum Gasteiger partial charge on any atom is -0.399 e. The number of para-hydroxylation sites is 1. The number of aryl methyl sites for hydroxylation is 1. The van der Waals surface area contributed by atoms with Crippen molar-refractivity contribution in [2.75, 3.05) is 10.6 Å². The largest absolute Gasteiger partial charge is 0.399 e. The Kier molecular flexibility index (Phi) is 2.71. The molecule has 0 amide bonds. The average Bonchev–Trinajstić information content (AvgIpc) is 3.18. The van der Waals surface area contributed by atoms with Gasteiger partial charge in [-0.15, -0.1) is 0 Å². The highest BCUT2D eigenvalue weighted by atomic mass is 15.2. The SMILES string of the molecule is Cc1cc(N)ccc1N(c1ccccc1)C1CC1. The standard InChI is InChI=1S/C16H18N2/c1-12-11-13(17)7-10-16(12)18(15-8-9-15)14-5-3-2-4-6-14/h2-7,10-11,15H,8-9,17H2,1H3. The van der Waals surface area contributed by atoms with Crippen LogP contribution in [0.5, 0.6) is 0 Å². The van der Waals surface area contributed by atoms with Gasteiger partial charge in [-0.2, -0.15) is 0 Å². The second-order valence-electron chi connectivity index (χ2n) is 4.98. The molecule has 0 bridgehead atoms. The molecular weight excluding hydrogens is 220 g/mol. The van der Waals surface area contributed by atoms with Gasteiger partial charge in [-0.25, -0.2) is 0 Å². The summed E-state index contributed by atoms with van der Waals surface area (Å²) in [4.78, 5) is 2.44. The number of anilines is 3. The van der Waals surface area contributed by atoms with Gasteiger partial charge in [-0.3, -0.25) is 0 Å². The van der Waals surface area contributed by atoms with E-state index in [1.165, 1.54) is 29.8 Å². The fourth-order valence-corrected chi connectivity index (χ4v) is 2.42. The van der Waals surface area contributed by atoms with Crippen LogP contribution in [-0.4, -0.2) is 6.04 Å². The zero-order valence-corrected chi connectivity index (χ0v) is 10.6. The van der Waals surface area contributed by atoms with Gasteiger partial charge in [0.05, 0.1) is 0 Å². The van der Waals surface area contributed by atoms with E-state index >= 15 is 0 Å². The van der Waals surface area contributed by atoms with Gasteiger partial charge in [-0.1, -0.05) is 18.2 Å². The van der Waals surface area contributed by atoms with Gasteiger partial charge in [0.2, 0.25) is 0 Å². The van der Waals surface area contributed by atoms with Crippen LogP contribution in [0.3, 0.4) is 0 Å². The van der Waals surface area contributed by atoms with Crippen molar-refractivity contribution in [2.24, 2.45) is 0 Å². The first kappa shape index (κ1) is 11.1. The monoisotopic (exact) mass is 238 g/mol. The second kappa shape index (κ2) is 4.37. The minimum atomic E-state index is 0.648. The van der Waals surface area contributed by atoms with E-state index in [4.69, 9.17) is 5.73 Å². The van der Waals surface area contributed by atoms with E-state index in [2.05, 4.69) is 48.2 Å². The third-order valence-electron chi connectivity index (χ3n) is 3.43. The van der Waals surface area contributed by atoms with E-state index in [9.17, 15) is 0 Å². The molecule has 1 saturated carbocycles. The van der Waals surface area contributed by atoms with E-state index in [0.29, 0.717) is 6.04 Å². The molecule has 0 heterocycles. The molecule has 0 aliphatic heterocycles. The van der Waals surface area contributed by atoms with Crippen molar-refractivity contribution in [2.45, 2.75) is 25.8 Å². The Bertz CT molecular complexity index is 544. The second-order valence-corrected chi connectivity index (χ2v) is 4.98. The summed E-state index contributed by atoms with van der Waals surface area (Å²) >= 11 is 0. The van der Waals surface area contributed by atoms with Gasteiger partial charge >= 0.3 is 0 Å². The third kappa shape index (κ3) is 2.06. The summed E-state index contributed by atoms with van der Waals surface area (Å²) in [5.41, 5.74) is 10.5. The van der Waals surface area contributed by atoms with Crippen molar-refractivity contribution < 1.29 is 0 Å². The van der Waals surface area contributed by atoms with Crippen LogP contribution in [0.15, 0.2) is 48.5 Å². The van der Waals surface area contributed by atoms with E-state index in [0.717, 1.165) is 5.69 Å². The summed E-state index contributed by atoms with van der Waals surface area (Å²) in [7, 11) is 0. The number of hydrogen-bond donors (Lipinski definition) is 1. The lowest BCUT2D eigenvalue weighted by atomic mass is 10.1. The van der Waals surface area contributed by atoms with Crippen molar-refractivity contribution in [3.05, 3.63) is 54.1 Å². The molecule has 2 aromatic rings. The van der Waals surface area contributed by atoms with Crippen LogP contribution in [0, 0.1) is 6.92 Å². The van der Waals surface area contributed by atoms with E-state index in [-0.39, 0.29) is 0 Å². The Labute approximate surface area is 108 Å². The topological polar surface area (TPSA) is 29.3 Å². The number of nitrogen functional groups attached to an aromatic ring is 1. The van der Waals surface area contributed by atoms with Crippen molar-refractivity contribution >= 4 is 17.1 Å². The molecule has 1 fully saturated rings. The molecule has 0 unspecified atom stereocenters. The van der Waals surface area contributed by atoms with Gasteiger partial charge < -0.3 is 10.6 Å². The van der Waals surface area contributed by atoms with Crippen LogP contribution in [0.4, 0.5) is 17.1 Å².